The molecule has 0 saturated heterocycles. The highest BCUT2D eigenvalue weighted by atomic mass is 16.5. The van der Waals surface area contributed by atoms with Crippen molar-refractivity contribution in [2.75, 3.05) is 13.2 Å². The van der Waals surface area contributed by atoms with Gasteiger partial charge in [-0.2, -0.15) is 0 Å². The summed E-state index contributed by atoms with van der Waals surface area (Å²) in [6.45, 7) is 6.02. The van der Waals surface area contributed by atoms with Crippen molar-refractivity contribution in [1.82, 2.24) is 0 Å². The van der Waals surface area contributed by atoms with Gasteiger partial charge in [0.25, 0.3) is 0 Å². The van der Waals surface area contributed by atoms with Crippen LogP contribution >= 0.6 is 0 Å². The van der Waals surface area contributed by atoms with Gasteiger partial charge in [0.1, 0.15) is 0 Å². The van der Waals surface area contributed by atoms with E-state index in [0.717, 1.165) is 36.9 Å². The normalized spacial score (nSPS) is 40.2. The van der Waals surface area contributed by atoms with Crippen molar-refractivity contribution in [3.05, 3.63) is 0 Å². The van der Waals surface area contributed by atoms with Gasteiger partial charge in [0.15, 0.2) is 0 Å². The molecule has 0 spiro atoms. The third-order valence-electron chi connectivity index (χ3n) is 6.15. The Balaban J connectivity index is 1.32. The first kappa shape index (κ1) is 14.8. The molecule has 0 heterocycles. The summed E-state index contributed by atoms with van der Waals surface area (Å²) in [6.07, 6.45) is 12.0. The first-order valence-corrected chi connectivity index (χ1v) is 9.02. The lowest BCUT2D eigenvalue weighted by atomic mass is 9.80. The summed E-state index contributed by atoms with van der Waals surface area (Å²) in [4.78, 5) is 0. The number of fused-ring (bicyclic) bond motifs is 5. The van der Waals surface area contributed by atoms with Crippen LogP contribution in [0.1, 0.15) is 65.2 Å². The van der Waals surface area contributed by atoms with Crippen LogP contribution in [0.15, 0.2) is 0 Å². The van der Waals surface area contributed by atoms with Crippen molar-refractivity contribution in [2.24, 2.45) is 23.7 Å². The Labute approximate surface area is 124 Å². The van der Waals surface area contributed by atoms with E-state index in [1.165, 1.54) is 51.4 Å². The van der Waals surface area contributed by atoms with Crippen molar-refractivity contribution in [3.8, 4) is 0 Å². The molecule has 0 N–H and O–H groups in total. The molecule has 3 aliphatic carbocycles. The van der Waals surface area contributed by atoms with Gasteiger partial charge in [-0.3, -0.25) is 0 Å². The van der Waals surface area contributed by atoms with Crippen LogP contribution in [0.3, 0.4) is 0 Å². The molecular weight excluding hydrogens is 248 g/mol. The summed E-state index contributed by atoms with van der Waals surface area (Å²) in [5, 5.41) is 0. The minimum absolute atomic E-state index is 0.401. The molecule has 3 saturated carbocycles. The van der Waals surface area contributed by atoms with E-state index in [-0.39, 0.29) is 0 Å². The Bertz CT molecular complexity index is 304. The molecule has 116 valence electrons. The zero-order valence-corrected chi connectivity index (χ0v) is 13.4. The van der Waals surface area contributed by atoms with Crippen molar-refractivity contribution in [1.29, 1.82) is 0 Å². The van der Waals surface area contributed by atoms with E-state index in [2.05, 4.69) is 13.8 Å². The van der Waals surface area contributed by atoms with Gasteiger partial charge in [-0.1, -0.05) is 26.2 Å². The fourth-order valence-corrected chi connectivity index (χ4v) is 5.22. The molecule has 6 unspecified atom stereocenters. The minimum Gasteiger partial charge on any atom is -0.376 e. The maximum Gasteiger partial charge on any atom is 0.0704 e. The average molecular weight is 280 g/mol. The summed E-state index contributed by atoms with van der Waals surface area (Å²) >= 11 is 0. The Morgan fingerprint density at radius 1 is 1.05 bits per heavy atom. The van der Waals surface area contributed by atoms with Gasteiger partial charge in [0.2, 0.25) is 0 Å². The summed E-state index contributed by atoms with van der Waals surface area (Å²) in [5.41, 5.74) is 0. The molecule has 2 heteroatoms. The van der Waals surface area contributed by atoms with Crippen LogP contribution in [-0.4, -0.2) is 25.4 Å². The van der Waals surface area contributed by atoms with E-state index >= 15 is 0 Å². The quantitative estimate of drug-likeness (QED) is 0.613. The molecule has 0 amide bonds. The number of hydrogen-bond acceptors (Lipinski definition) is 2. The predicted molar refractivity (Wildman–Crippen MR) is 81.7 cm³/mol. The topological polar surface area (TPSA) is 18.5 Å². The first-order chi connectivity index (χ1) is 9.79. The fourth-order valence-electron chi connectivity index (χ4n) is 5.22. The minimum atomic E-state index is 0.401. The van der Waals surface area contributed by atoms with E-state index in [1.54, 1.807) is 0 Å². The Morgan fingerprint density at radius 3 is 2.75 bits per heavy atom. The van der Waals surface area contributed by atoms with E-state index in [1.807, 2.05) is 0 Å². The molecule has 3 rings (SSSR count). The van der Waals surface area contributed by atoms with Gasteiger partial charge in [0.05, 0.1) is 25.4 Å². The second kappa shape index (κ2) is 6.79. The van der Waals surface area contributed by atoms with Crippen LogP contribution in [-0.2, 0) is 9.47 Å². The van der Waals surface area contributed by atoms with E-state index in [9.17, 15) is 0 Å². The van der Waals surface area contributed by atoms with Gasteiger partial charge in [0, 0.05) is 0 Å². The second-order valence-electron chi connectivity index (χ2n) is 7.39. The number of rotatable bonds is 8. The first-order valence-electron chi connectivity index (χ1n) is 9.02. The lowest BCUT2D eigenvalue weighted by Gasteiger charge is -2.31. The van der Waals surface area contributed by atoms with Crippen LogP contribution in [0, 0.1) is 23.7 Å². The average Bonchev–Trinajstić information content (AvgIpc) is 3.12. The van der Waals surface area contributed by atoms with Crippen LogP contribution in [0.4, 0.5) is 0 Å². The molecule has 6 atom stereocenters. The highest BCUT2D eigenvalue weighted by molar-refractivity contribution is 5.03. The molecule has 0 radical (unpaired) electrons. The Kier molecular flexibility index (Phi) is 5.04. The Hall–Kier alpha value is -0.0800. The SMILES string of the molecule is CCCCC(C)OCCOC1CC2CC1C1CCCC21. The molecule has 2 nitrogen and oxygen atoms in total. The lowest BCUT2D eigenvalue weighted by Crippen LogP contribution is -2.31. The van der Waals surface area contributed by atoms with Crippen LogP contribution in [0.5, 0.6) is 0 Å². The van der Waals surface area contributed by atoms with E-state index in [4.69, 9.17) is 9.47 Å². The highest BCUT2D eigenvalue weighted by Gasteiger charge is 2.54. The lowest BCUT2D eigenvalue weighted by molar-refractivity contribution is -0.0493. The maximum atomic E-state index is 6.17. The van der Waals surface area contributed by atoms with Crippen molar-refractivity contribution >= 4 is 0 Å². The van der Waals surface area contributed by atoms with Gasteiger partial charge in [-0.25, -0.2) is 0 Å². The second-order valence-corrected chi connectivity index (χ2v) is 7.39. The monoisotopic (exact) mass is 280 g/mol. The van der Waals surface area contributed by atoms with E-state index in [0.29, 0.717) is 12.2 Å². The maximum absolute atomic E-state index is 6.17. The van der Waals surface area contributed by atoms with E-state index < -0.39 is 0 Å². The summed E-state index contributed by atoms with van der Waals surface area (Å²) in [6, 6.07) is 0. The molecule has 0 aromatic rings. The molecule has 0 aliphatic heterocycles. The van der Waals surface area contributed by atoms with Crippen LogP contribution < -0.4 is 0 Å². The Morgan fingerprint density at radius 2 is 1.90 bits per heavy atom. The fraction of sp³-hybridized carbons (Fsp3) is 1.00. The summed E-state index contributed by atoms with van der Waals surface area (Å²) in [5.74, 6) is 3.99. The standard InChI is InChI=1S/C18H32O2/c1-3-4-6-13(2)19-9-10-20-18-12-14-11-17(18)16-8-5-7-15(14)16/h13-18H,3-12H2,1-2H3. The molecule has 2 bridgehead atoms. The van der Waals surface area contributed by atoms with Crippen molar-refractivity contribution in [2.45, 2.75) is 77.4 Å². The summed E-state index contributed by atoms with van der Waals surface area (Å²) in [7, 11) is 0. The largest absolute Gasteiger partial charge is 0.376 e. The summed E-state index contributed by atoms with van der Waals surface area (Å²) < 4.78 is 12.0. The van der Waals surface area contributed by atoms with Crippen LogP contribution in [0.25, 0.3) is 0 Å². The number of ether oxygens (including phenoxy) is 2. The molecule has 3 aliphatic rings. The molecule has 0 aromatic heterocycles. The predicted octanol–water partition coefficient (Wildman–Crippen LogP) is 4.42. The molecule has 0 aromatic carbocycles. The van der Waals surface area contributed by atoms with Crippen molar-refractivity contribution in [3.63, 3.8) is 0 Å². The smallest absolute Gasteiger partial charge is 0.0704 e. The van der Waals surface area contributed by atoms with Gasteiger partial charge < -0.3 is 9.47 Å². The van der Waals surface area contributed by atoms with Crippen molar-refractivity contribution < 1.29 is 9.47 Å². The van der Waals surface area contributed by atoms with Gasteiger partial charge >= 0.3 is 0 Å². The number of hydrogen-bond donors (Lipinski definition) is 0. The van der Waals surface area contributed by atoms with Gasteiger partial charge in [-0.05, 0) is 62.7 Å². The highest BCUT2D eigenvalue weighted by Crippen LogP contribution is 2.59. The zero-order valence-electron chi connectivity index (χ0n) is 13.4. The zero-order chi connectivity index (χ0) is 13.9. The molecule has 20 heavy (non-hydrogen) atoms. The third-order valence-corrected chi connectivity index (χ3v) is 6.15. The van der Waals surface area contributed by atoms with Crippen LogP contribution in [0.2, 0.25) is 0 Å². The third kappa shape index (κ3) is 3.06. The number of unbranched alkanes of at least 4 members (excludes halogenated alkanes) is 1. The van der Waals surface area contributed by atoms with Gasteiger partial charge in [-0.15, -0.1) is 0 Å². The molecular formula is C18H32O2. The molecule has 3 fully saturated rings.